The van der Waals surface area contributed by atoms with Crippen LogP contribution >= 0.6 is 11.3 Å². The molecule has 3 heterocycles. The van der Waals surface area contributed by atoms with Crippen LogP contribution in [0.3, 0.4) is 0 Å². The van der Waals surface area contributed by atoms with Gasteiger partial charge in [0.25, 0.3) is 0 Å². The van der Waals surface area contributed by atoms with Crippen LogP contribution in [0.15, 0.2) is 30.3 Å². The first-order chi connectivity index (χ1) is 16.9. The topological polar surface area (TPSA) is 83.1 Å². The number of hydrogen-bond acceptors (Lipinski definition) is 6. The molecule has 2 aliphatic heterocycles. The Hall–Kier alpha value is -2.78. The average molecular weight is 499 g/mol. The van der Waals surface area contributed by atoms with E-state index in [1.54, 1.807) is 9.80 Å². The maximum absolute atomic E-state index is 13.2. The predicted molar refractivity (Wildman–Crippen MR) is 134 cm³/mol. The number of thiazole rings is 1. The molecule has 0 N–H and O–H groups in total. The summed E-state index contributed by atoms with van der Waals surface area (Å²) in [6.45, 7) is 7.12. The summed E-state index contributed by atoms with van der Waals surface area (Å²) in [5.74, 6) is 0.0404. The summed E-state index contributed by atoms with van der Waals surface area (Å²) in [7, 11) is 0. The Morgan fingerprint density at radius 2 is 1.86 bits per heavy atom. The van der Waals surface area contributed by atoms with Crippen molar-refractivity contribution in [1.82, 2.24) is 19.7 Å². The number of aryl methyl sites for hydroxylation is 2. The van der Waals surface area contributed by atoms with Crippen LogP contribution in [-0.4, -0.2) is 82.8 Å². The molecule has 0 spiro atoms. The van der Waals surface area contributed by atoms with E-state index in [0.29, 0.717) is 39.2 Å². The zero-order valence-electron chi connectivity index (χ0n) is 20.6. The number of hydrogen-bond donors (Lipinski definition) is 0. The van der Waals surface area contributed by atoms with Gasteiger partial charge in [-0.15, -0.1) is 11.3 Å². The Labute approximate surface area is 210 Å². The first-order valence-electron chi connectivity index (χ1n) is 12.3. The quantitative estimate of drug-likeness (QED) is 0.531. The molecule has 1 unspecified atom stereocenters. The summed E-state index contributed by atoms with van der Waals surface area (Å²) in [6, 6.07) is 9.91. The highest BCUT2D eigenvalue weighted by Crippen LogP contribution is 2.20. The fraction of sp³-hybridized carbons (Fsp3) is 0.538. The van der Waals surface area contributed by atoms with Gasteiger partial charge in [-0.25, -0.2) is 4.98 Å². The molecular formula is C26H34N4O4S. The van der Waals surface area contributed by atoms with Gasteiger partial charge in [-0.2, -0.15) is 0 Å². The molecule has 3 amide bonds. The van der Waals surface area contributed by atoms with E-state index < -0.39 is 0 Å². The van der Waals surface area contributed by atoms with Gasteiger partial charge in [0.05, 0.1) is 36.4 Å². The molecule has 0 saturated carbocycles. The molecule has 4 rings (SSSR count). The maximum atomic E-state index is 13.2. The van der Waals surface area contributed by atoms with Crippen LogP contribution in [0.2, 0.25) is 0 Å². The minimum absolute atomic E-state index is 0.0451. The number of amides is 3. The van der Waals surface area contributed by atoms with Crippen LogP contribution in [0.5, 0.6) is 0 Å². The van der Waals surface area contributed by atoms with Crippen molar-refractivity contribution in [2.45, 2.75) is 52.2 Å². The van der Waals surface area contributed by atoms with Gasteiger partial charge in [0.2, 0.25) is 17.7 Å². The number of likely N-dealkylation sites (tertiary alicyclic amines) is 1. The van der Waals surface area contributed by atoms with Gasteiger partial charge in [0.1, 0.15) is 0 Å². The molecule has 35 heavy (non-hydrogen) atoms. The first-order valence-corrected chi connectivity index (χ1v) is 13.1. The summed E-state index contributed by atoms with van der Waals surface area (Å²) in [6.07, 6.45) is 2.20. The number of ether oxygens (including phenoxy) is 1. The Balaban J connectivity index is 1.41. The Kier molecular flexibility index (Phi) is 8.51. The SMILES string of the molecule is Cc1nc(C)c(CC(=O)N2CC(=O)N(CCCN3CCCC3=O)CC(OCc3ccccc3)C2)s1. The van der Waals surface area contributed by atoms with Gasteiger partial charge in [-0.3, -0.25) is 14.4 Å². The summed E-state index contributed by atoms with van der Waals surface area (Å²) in [4.78, 5) is 49.0. The third kappa shape index (κ3) is 6.89. The van der Waals surface area contributed by atoms with E-state index in [0.717, 1.165) is 40.5 Å². The lowest BCUT2D eigenvalue weighted by atomic mass is 10.2. The molecule has 8 nitrogen and oxygen atoms in total. The van der Waals surface area contributed by atoms with E-state index >= 15 is 0 Å². The van der Waals surface area contributed by atoms with Crippen LogP contribution < -0.4 is 0 Å². The highest BCUT2D eigenvalue weighted by atomic mass is 32.1. The van der Waals surface area contributed by atoms with Crippen LogP contribution in [-0.2, 0) is 32.1 Å². The summed E-state index contributed by atoms with van der Waals surface area (Å²) < 4.78 is 6.22. The van der Waals surface area contributed by atoms with Crippen LogP contribution in [0.1, 0.15) is 40.4 Å². The molecule has 0 bridgehead atoms. The predicted octanol–water partition coefficient (Wildman–Crippen LogP) is 2.57. The lowest BCUT2D eigenvalue weighted by Gasteiger charge is -2.25. The van der Waals surface area contributed by atoms with Gasteiger partial charge in [0, 0.05) is 44.0 Å². The molecule has 1 aromatic heterocycles. The van der Waals surface area contributed by atoms with Gasteiger partial charge in [-0.1, -0.05) is 30.3 Å². The molecule has 9 heteroatoms. The van der Waals surface area contributed by atoms with Crippen molar-refractivity contribution in [2.24, 2.45) is 0 Å². The fourth-order valence-corrected chi connectivity index (χ4v) is 5.59. The smallest absolute Gasteiger partial charge is 0.242 e. The Bertz CT molecular complexity index is 1040. The lowest BCUT2D eigenvalue weighted by Crippen LogP contribution is -2.41. The van der Waals surface area contributed by atoms with Gasteiger partial charge < -0.3 is 19.4 Å². The largest absolute Gasteiger partial charge is 0.370 e. The standard InChI is InChI=1S/C26H34N4O4S/c1-19-23(35-20(2)27-19)14-25(32)30-16-22(34-18-21-8-4-3-5-9-21)15-29(26(33)17-30)13-7-12-28-11-6-10-24(28)31/h3-5,8-9,22H,6-7,10-18H2,1-2H3. The number of rotatable bonds is 9. The van der Waals surface area contributed by atoms with Crippen molar-refractivity contribution >= 4 is 29.1 Å². The van der Waals surface area contributed by atoms with Crippen molar-refractivity contribution in [2.75, 3.05) is 39.3 Å². The number of benzene rings is 1. The van der Waals surface area contributed by atoms with E-state index in [1.165, 1.54) is 11.3 Å². The number of nitrogens with zero attached hydrogens (tertiary/aromatic N) is 4. The van der Waals surface area contributed by atoms with Crippen molar-refractivity contribution in [1.29, 1.82) is 0 Å². The van der Waals surface area contributed by atoms with E-state index in [-0.39, 0.29) is 36.8 Å². The summed E-state index contributed by atoms with van der Waals surface area (Å²) in [5.41, 5.74) is 1.92. The van der Waals surface area contributed by atoms with Crippen LogP contribution in [0.4, 0.5) is 0 Å². The van der Waals surface area contributed by atoms with Gasteiger partial charge in [0.15, 0.2) is 0 Å². The molecule has 188 valence electrons. The first kappa shape index (κ1) is 25.3. The molecule has 1 aromatic carbocycles. The molecule has 2 saturated heterocycles. The average Bonchev–Trinajstić information content (AvgIpc) is 3.34. The second kappa shape index (κ2) is 11.8. The molecule has 1 atom stereocenters. The third-order valence-electron chi connectivity index (χ3n) is 6.55. The number of carbonyl (C=O) groups excluding carboxylic acids is 3. The molecule has 0 aliphatic carbocycles. The second-order valence-electron chi connectivity index (χ2n) is 9.29. The van der Waals surface area contributed by atoms with E-state index in [4.69, 9.17) is 4.74 Å². The summed E-state index contributed by atoms with van der Waals surface area (Å²) in [5, 5.41) is 0.934. The monoisotopic (exact) mass is 498 g/mol. The van der Waals surface area contributed by atoms with Crippen molar-refractivity contribution in [3.05, 3.63) is 51.5 Å². The molecule has 2 aromatic rings. The zero-order valence-corrected chi connectivity index (χ0v) is 21.4. The molecular weight excluding hydrogens is 464 g/mol. The van der Waals surface area contributed by atoms with Crippen LogP contribution in [0, 0.1) is 13.8 Å². The number of aromatic nitrogens is 1. The Morgan fingerprint density at radius 1 is 1.09 bits per heavy atom. The second-order valence-corrected chi connectivity index (χ2v) is 10.6. The minimum Gasteiger partial charge on any atom is -0.370 e. The van der Waals surface area contributed by atoms with Crippen molar-refractivity contribution in [3.63, 3.8) is 0 Å². The van der Waals surface area contributed by atoms with Gasteiger partial charge in [-0.05, 0) is 32.3 Å². The minimum atomic E-state index is -0.289. The van der Waals surface area contributed by atoms with E-state index in [1.807, 2.05) is 49.1 Å². The zero-order chi connectivity index (χ0) is 24.8. The highest BCUT2D eigenvalue weighted by molar-refractivity contribution is 7.11. The highest BCUT2D eigenvalue weighted by Gasteiger charge is 2.31. The van der Waals surface area contributed by atoms with E-state index in [9.17, 15) is 14.4 Å². The summed E-state index contributed by atoms with van der Waals surface area (Å²) >= 11 is 1.53. The van der Waals surface area contributed by atoms with Gasteiger partial charge >= 0.3 is 0 Å². The number of carbonyl (C=O) groups is 3. The third-order valence-corrected chi connectivity index (χ3v) is 7.62. The lowest BCUT2D eigenvalue weighted by molar-refractivity contribution is -0.138. The Morgan fingerprint density at radius 3 is 2.54 bits per heavy atom. The fourth-order valence-electron chi connectivity index (χ4n) is 4.66. The van der Waals surface area contributed by atoms with Crippen molar-refractivity contribution in [3.8, 4) is 0 Å². The molecule has 2 fully saturated rings. The van der Waals surface area contributed by atoms with E-state index in [2.05, 4.69) is 4.98 Å². The molecule has 0 radical (unpaired) electrons. The normalized spacial score (nSPS) is 18.9. The molecule has 2 aliphatic rings. The van der Waals surface area contributed by atoms with Crippen molar-refractivity contribution < 1.29 is 19.1 Å². The maximum Gasteiger partial charge on any atom is 0.242 e. The van der Waals surface area contributed by atoms with Crippen LogP contribution in [0.25, 0.3) is 0 Å².